The van der Waals surface area contributed by atoms with Gasteiger partial charge in [-0.25, -0.2) is 0 Å². The van der Waals surface area contributed by atoms with Crippen molar-refractivity contribution >= 4 is 16.7 Å². The van der Waals surface area contributed by atoms with Gasteiger partial charge in [-0.1, -0.05) is 43.3 Å². The molecule has 0 saturated carbocycles. The Balaban J connectivity index is 2.41. The number of hydrogen-bond donors (Lipinski definition) is 2. The lowest BCUT2D eigenvalue weighted by atomic mass is 9.87. The molecular weight excluding hydrogens is 248 g/mol. The molecule has 0 fully saturated rings. The summed E-state index contributed by atoms with van der Waals surface area (Å²) in [5, 5.41) is 5.84. The van der Waals surface area contributed by atoms with Crippen molar-refractivity contribution in [3.63, 3.8) is 0 Å². The summed E-state index contributed by atoms with van der Waals surface area (Å²) in [5.41, 5.74) is 6.11. The topological polar surface area (TPSA) is 55.1 Å². The molecule has 1 atom stereocenters. The molecular formula is C17H22N2O. The van der Waals surface area contributed by atoms with Crippen molar-refractivity contribution in [2.24, 2.45) is 5.73 Å². The molecule has 0 aliphatic carbocycles. The van der Waals surface area contributed by atoms with Gasteiger partial charge in [0.1, 0.15) is 0 Å². The number of rotatable bonds is 6. The average Bonchev–Trinajstić information content (AvgIpc) is 2.44. The summed E-state index contributed by atoms with van der Waals surface area (Å²) in [6.07, 6.45) is 1.31. The number of carbonyl (C=O) groups is 1. The first-order valence-corrected chi connectivity index (χ1v) is 7.08. The van der Waals surface area contributed by atoms with Gasteiger partial charge in [0.15, 0.2) is 0 Å². The van der Waals surface area contributed by atoms with E-state index < -0.39 is 5.54 Å². The molecule has 2 aromatic carbocycles. The van der Waals surface area contributed by atoms with Crippen molar-refractivity contribution in [1.82, 2.24) is 5.32 Å². The van der Waals surface area contributed by atoms with E-state index in [0.29, 0.717) is 6.42 Å². The molecule has 0 aliphatic heterocycles. The Morgan fingerprint density at radius 3 is 2.55 bits per heavy atom. The Morgan fingerprint density at radius 2 is 1.90 bits per heavy atom. The molecule has 0 bridgehead atoms. The van der Waals surface area contributed by atoms with Crippen LogP contribution in [0.25, 0.3) is 10.8 Å². The number of fused-ring (bicyclic) bond motifs is 1. The minimum Gasteiger partial charge on any atom is -0.370 e. The van der Waals surface area contributed by atoms with E-state index in [-0.39, 0.29) is 5.91 Å². The highest BCUT2D eigenvalue weighted by Crippen LogP contribution is 2.27. The van der Waals surface area contributed by atoms with Crippen LogP contribution in [0.2, 0.25) is 0 Å². The van der Waals surface area contributed by atoms with E-state index >= 15 is 0 Å². The lowest BCUT2D eigenvalue weighted by Crippen LogP contribution is -2.43. The minimum atomic E-state index is -0.411. The molecule has 0 saturated heterocycles. The maximum atomic E-state index is 11.4. The highest BCUT2D eigenvalue weighted by molar-refractivity contribution is 5.83. The molecule has 1 amide bonds. The normalized spacial score (nSPS) is 14.1. The molecule has 3 nitrogen and oxygen atoms in total. The van der Waals surface area contributed by atoms with Crippen molar-refractivity contribution in [1.29, 1.82) is 0 Å². The fourth-order valence-corrected chi connectivity index (χ4v) is 2.55. The highest BCUT2D eigenvalue weighted by Gasteiger charge is 2.28. The van der Waals surface area contributed by atoms with E-state index in [9.17, 15) is 4.79 Å². The van der Waals surface area contributed by atoms with Crippen LogP contribution in [0.1, 0.15) is 32.3 Å². The summed E-state index contributed by atoms with van der Waals surface area (Å²) >= 11 is 0. The third-order valence-electron chi connectivity index (χ3n) is 3.68. The number of benzene rings is 2. The first-order chi connectivity index (χ1) is 9.55. The zero-order valence-corrected chi connectivity index (χ0v) is 12.1. The quantitative estimate of drug-likeness (QED) is 0.848. The summed E-state index contributed by atoms with van der Waals surface area (Å²) in [6.45, 7) is 5.01. The van der Waals surface area contributed by atoms with Crippen LogP contribution in [0.5, 0.6) is 0 Å². The fourth-order valence-electron chi connectivity index (χ4n) is 2.55. The van der Waals surface area contributed by atoms with Crippen LogP contribution in [0.15, 0.2) is 42.5 Å². The number of primary amides is 1. The zero-order valence-electron chi connectivity index (χ0n) is 12.1. The van der Waals surface area contributed by atoms with Crippen molar-refractivity contribution in [3.05, 3.63) is 48.0 Å². The predicted octanol–water partition coefficient (Wildman–Crippen LogP) is 2.93. The Kier molecular flexibility index (Phi) is 4.40. The lowest BCUT2D eigenvalue weighted by Gasteiger charge is -2.31. The molecule has 3 N–H and O–H groups in total. The summed E-state index contributed by atoms with van der Waals surface area (Å²) in [6, 6.07) is 14.5. The summed E-state index contributed by atoms with van der Waals surface area (Å²) in [5.74, 6) is -0.288. The van der Waals surface area contributed by atoms with Gasteiger partial charge in [0, 0.05) is 12.0 Å². The smallest absolute Gasteiger partial charge is 0.219 e. The van der Waals surface area contributed by atoms with Gasteiger partial charge in [-0.05, 0) is 42.3 Å². The van der Waals surface area contributed by atoms with E-state index in [2.05, 4.69) is 42.6 Å². The number of hydrogen-bond acceptors (Lipinski definition) is 2. The maximum Gasteiger partial charge on any atom is 0.219 e. The Morgan fingerprint density at radius 1 is 1.20 bits per heavy atom. The van der Waals surface area contributed by atoms with Crippen molar-refractivity contribution in [3.8, 4) is 0 Å². The number of amides is 1. The van der Waals surface area contributed by atoms with E-state index in [0.717, 1.165) is 18.5 Å². The van der Waals surface area contributed by atoms with Gasteiger partial charge >= 0.3 is 0 Å². The van der Waals surface area contributed by atoms with E-state index in [1.54, 1.807) is 0 Å². The minimum absolute atomic E-state index is 0.288. The molecule has 3 heteroatoms. The van der Waals surface area contributed by atoms with Crippen LogP contribution in [-0.4, -0.2) is 12.5 Å². The van der Waals surface area contributed by atoms with Crippen molar-refractivity contribution < 1.29 is 4.79 Å². The third kappa shape index (κ3) is 3.17. The summed E-state index contributed by atoms with van der Waals surface area (Å²) in [7, 11) is 0. The Bertz CT molecular complexity index is 609. The van der Waals surface area contributed by atoms with Crippen LogP contribution in [0.4, 0.5) is 0 Å². The number of nitrogens with one attached hydrogen (secondary N) is 1. The monoisotopic (exact) mass is 270 g/mol. The number of carbonyl (C=O) groups excluding carboxylic acids is 1. The van der Waals surface area contributed by atoms with E-state index in [1.165, 1.54) is 10.8 Å². The molecule has 106 valence electrons. The summed E-state index contributed by atoms with van der Waals surface area (Å²) in [4.78, 5) is 11.4. The van der Waals surface area contributed by atoms with Crippen LogP contribution < -0.4 is 11.1 Å². The second-order valence-electron chi connectivity index (χ2n) is 5.46. The van der Waals surface area contributed by atoms with Gasteiger partial charge in [0.05, 0.1) is 0 Å². The number of nitrogens with two attached hydrogens (primary N) is 1. The lowest BCUT2D eigenvalue weighted by molar-refractivity contribution is -0.119. The van der Waals surface area contributed by atoms with Gasteiger partial charge in [-0.3, -0.25) is 4.79 Å². The predicted molar refractivity (Wildman–Crippen MR) is 83.4 cm³/mol. The van der Waals surface area contributed by atoms with E-state index in [4.69, 9.17) is 5.73 Å². The van der Waals surface area contributed by atoms with Gasteiger partial charge in [-0.15, -0.1) is 0 Å². The fraction of sp³-hybridized carbons (Fsp3) is 0.353. The molecule has 20 heavy (non-hydrogen) atoms. The molecule has 2 rings (SSSR count). The van der Waals surface area contributed by atoms with Gasteiger partial charge in [0.2, 0.25) is 5.91 Å². The second kappa shape index (κ2) is 6.06. The zero-order chi connectivity index (χ0) is 14.6. The molecule has 1 unspecified atom stereocenters. The average molecular weight is 270 g/mol. The largest absolute Gasteiger partial charge is 0.370 e. The molecule has 0 heterocycles. The molecule has 0 aliphatic rings. The van der Waals surface area contributed by atoms with Gasteiger partial charge in [-0.2, -0.15) is 0 Å². The molecule has 2 aromatic rings. The van der Waals surface area contributed by atoms with Crippen LogP contribution in [-0.2, 0) is 10.3 Å². The molecule has 0 spiro atoms. The third-order valence-corrected chi connectivity index (χ3v) is 3.68. The van der Waals surface area contributed by atoms with Gasteiger partial charge in [0.25, 0.3) is 0 Å². The van der Waals surface area contributed by atoms with Crippen LogP contribution in [0, 0.1) is 0 Å². The molecule has 0 radical (unpaired) electrons. The first-order valence-electron chi connectivity index (χ1n) is 7.08. The SMILES string of the molecule is CCCNC(C)(CC(N)=O)c1ccc2ccccc2c1. The summed E-state index contributed by atoms with van der Waals surface area (Å²) < 4.78 is 0. The molecule has 0 aromatic heterocycles. The second-order valence-corrected chi connectivity index (χ2v) is 5.46. The highest BCUT2D eigenvalue weighted by atomic mass is 16.1. The maximum absolute atomic E-state index is 11.4. The van der Waals surface area contributed by atoms with Gasteiger partial charge < -0.3 is 11.1 Å². The standard InChI is InChI=1S/C17H22N2O/c1-3-10-19-17(2,12-16(18)20)15-9-8-13-6-4-5-7-14(13)11-15/h4-9,11,19H,3,10,12H2,1-2H3,(H2,18,20). The van der Waals surface area contributed by atoms with Crippen molar-refractivity contribution in [2.45, 2.75) is 32.2 Å². The van der Waals surface area contributed by atoms with Crippen molar-refractivity contribution in [2.75, 3.05) is 6.54 Å². The Labute approximate surface area is 120 Å². The first kappa shape index (κ1) is 14.5. The van der Waals surface area contributed by atoms with Crippen LogP contribution in [0.3, 0.4) is 0 Å². The Hall–Kier alpha value is -1.87. The van der Waals surface area contributed by atoms with E-state index in [1.807, 2.05) is 19.1 Å². The van der Waals surface area contributed by atoms with Crippen LogP contribution >= 0.6 is 0 Å².